The Labute approximate surface area is 148 Å². The second-order valence-electron chi connectivity index (χ2n) is 6.46. The zero-order valence-electron chi connectivity index (χ0n) is 14.3. The molecule has 10 nitrogen and oxygen atoms in total. The molecule has 0 amide bonds. The summed E-state index contributed by atoms with van der Waals surface area (Å²) in [6.45, 7) is 2.22. The van der Waals surface area contributed by atoms with Crippen LogP contribution in [0.15, 0.2) is 24.5 Å². The Morgan fingerprint density at radius 1 is 1.27 bits per heavy atom. The third-order valence-corrected chi connectivity index (χ3v) is 7.28. The highest BCUT2D eigenvalue weighted by atomic mass is 31.2. The molecule has 4 N–H and O–H groups in total. The van der Waals surface area contributed by atoms with Gasteiger partial charge in [0.05, 0.1) is 5.41 Å². The van der Waals surface area contributed by atoms with Crippen LogP contribution in [-0.2, 0) is 29.7 Å². The fourth-order valence-electron chi connectivity index (χ4n) is 1.65. The summed E-state index contributed by atoms with van der Waals surface area (Å²) in [6, 6.07) is 2.18. The summed E-state index contributed by atoms with van der Waals surface area (Å²) in [5.41, 5.74) is -0.959. The van der Waals surface area contributed by atoms with Crippen molar-refractivity contribution in [2.45, 2.75) is 32.4 Å². The summed E-state index contributed by atoms with van der Waals surface area (Å²) in [5.74, 6) is -1.62. The van der Waals surface area contributed by atoms with Gasteiger partial charge in [0, 0.05) is 6.07 Å². The van der Waals surface area contributed by atoms with E-state index in [4.69, 9.17) is 0 Å². The first-order chi connectivity index (χ1) is 11.6. The Kier molecular flexibility index (Phi) is 6.87. The highest BCUT2D eigenvalue weighted by Gasteiger charge is 2.64. The maximum Gasteiger partial charge on any atom is 0.381 e. The summed E-state index contributed by atoms with van der Waals surface area (Å²) in [7, 11) is -11.1. The van der Waals surface area contributed by atoms with Crippen LogP contribution in [0.2, 0.25) is 0 Å². The number of aliphatic hydroxyl groups is 1. The van der Waals surface area contributed by atoms with E-state index in [2.05, 4.69) is 9.26 Å². The summed E-state index contributed by atoms with van der Waals surface area (Å²) in [5, 5.41) is 6.67. The van der Waals surface area contributed by atoms with Crippen molar-refractivity contribution in [3.8, 4) is 0 Å². The molecule has 2 atom stereocenters. The van der Waals surface area contributed by atoms with Gasteiger partial charge in [-0.15, -0.1) is 0 Å². The van der Waals surface area contributed by atoms with Crippen LogP contribution in [0.3, 0.4) is 0 Å². The maximum absolute atomic E-state index is 13.2. The van der Waals surface area contributed by atoms with Gasteiger partial charge in [0.25, 0.3) is 0 Å². The number of carbonyl (C=O) groups is 1. The van der Waals surface area contributed by atoms with Gasteiger partial charge in [0.2, 0.25) is 19.5 Å². The third-order valence-electron chi connectivity index (χ3n) is 3.17. The van der Waals surface area contributed by atoms with Crippen molar-refractivity contribution in [3.63, 3.8) is 0 Å². The van der Waals surface area contributed by atoms with Crippen LogP contribution in [0.25, 0.3) is 0 Å². The Bertz CT molecular complexity index is 760. The molecule has 148 valence electrons. The fraction of sp³-hybridized carbons (Fsp3) is 0.538. The van der Waals surface area contributed by atoms with Gasteiger partial charge in [0.15, 0.2) is 12.0 Å². The third kappa shape index (κ3) is 5.40. The average Bonchev–Trinajstić information content (AvgIpc) is 2.44. The molecule has 0 bridgehead atoms. The Morgan fingerprint density at radius 3 is 2.31 bits per heavy atom. The summed E-state index contributed by atoms with van der Waals surface area (Å²) in [4.78, 5) is 40.2. The van der Waals surface area contributed by atoms with Crippen molar-refractivity contribution in [2.75, 3.05) is 6.79 Å². The lowest BCUT2D eigenvalue weighted by Gasteiger charge is -2.29. The Morgan fingerprint density at radius 2 is 1.85 bits per heavy atom. The first-order valence-corrected chi connectivity index (χ1v) is 10.4. The molecule has 13 heteroatoms. The quantitative estimate of drug-likeness (QED) is 0.217. The van der Waals surface area contributed by atoms with E-state index in [1.807, 2.05) is 0 Å². The number of hydrogen-bond acceptors (Lipinski definition) is 6. The van der Waals surface area contributed by atoms with Crippen molar-refractivity contribution in [1.29, 1.82) is 0 Å². The highest BCUT2D eigenvalue weighted by molar-refractivity contribution is 7.72. The van der Waals surface area contributed by atoms with Gasteiger partial charge in [0.1, 0.15) is 0 Å². The topological polar surface area (TPSA) is 154 Å². The number of pyridine rings is 1. The van der Waals surface area contributed by atoms with Crippen LogP contribution < -0.4 is 4.57 Å². The number of hydrogen-bond donors (Lipinski definition) is 4. The zero-order chi connectivity index (χ0) is 20.4. The van der Waals surface area contributed by atoms with E-state index >= 15 is 0 Å². The molecule has 0 aliphatic rings. The minimum absolute atomic E-state index is 0.750. The van der Waals surface area contributed by atoms with E-state index in [1.165, 1.54) is 20.8 Å². The molecule has 0 fully saturated rings. The molecule has 0 saturated heterocycles. The van der Waals surface area contributed by atoms with E-state index in [0.29, 0.717) is 0 Å². The van der Waals surface area contributed by atoms with Crippen molar-refractivity contribution in [2.24, 2.45) is 5.41 Å². The lowest BCUT2D eigenvalue weighted by Crippen LogP contribution is -2.47. The second-order valence-corrected chi connectivity index (χ2v) is 10.7. The molecule has 1 rings (SSSR count). The number of nitrogens with zero attached hydrogens (tertiary/aromatic N) is 1. The lowest BCUT2D eigenvalue weighted by molar-refractivity contribution is -0.704. The van der Waals surface area contributed by atoms with E-state index in [1.54, 1.807) is 0 Å². The Balaban J connectivity index is 3.05. The van der Waals surface area contributed by atoms with E-state index in [9.17, 15) is 38.1 Å². The predicted molar refractivity (Wildman–Crippen MR) is 84.9 cm³/mol. The normalized spacial score (nSPS) is 17.2. The molecule has 0 spiro atoms. The van der Waals surface area contributed by atoms with Crippen molar-refractivity contribution < 1.29 is 51.9 Å². The number of esters is 1. The van der Waals surface area contributed by atoms with Gasteiger partial charge in [-0.3, -0.25) is 18.4 Å². The number of carbonyl (C=O) groups excluding carboxylic acids is 1. The SMILES string of the molecule is CC(C)(C)C(=O)OCOP(=O)(O)C(O)(C[n+]1cccc(F)c1)P(=O)(O)O. The van der Waals surface area contributed by atoms with E-state index < -0.39 is 50.8 Å². The smallest absolute Gasteiger partial charge is 0.381 e. The Hall–Kier alpha value is -1.19. The molecule has 1 aromatic rings. The van der Waals surface area contributed by atoms with Gasteiger partial charge in [-0.1, -0.05) is 0 Å². The van der Waals surface area contributed by atoms with Crippen LogP contribution in [0.4, 0.5) is 4.39 Å². The van der Waals surface area contributed by atoms with E-state index in [-0.39, 0.29) is 0 Å². The van der Waals surface area contributed by atoms with Crippen LogP contribution in [0.1, 0.15) is 20.8 Å². The standard InChI is InChI=1S/C13H20FNO9P2/c1-12(2,3)11(16)23-9-24-26(21,22)13(17,25(18,19)20)8-15-6-4-5-10(14)7-15/h4-7,17H,8-9H2,1-3H3,(H2-,18,19,20,21,22)/p+1. The fourth-order valence-corrected chi connectivity index (χ4v) is 4.23. The molecule has 0 aromatic carbocycles. The highest BCUT2D eigenvalue weighted by Crippen LogP contribution is 2.70. The molecule has 0 aliphatic heterocycles. The molecular weight excluding hydrogens is 395 g/mol. The van der Waals surface area contributed by atoms with Gasteiger partial charge in [-0.25, -0.2) is 4.39 Å². The van der Waals surface area contributed by atoms with Crippen LogP contribution >= 0.6 is 15.2 Å². The minimum atomic E-state index is -5.65. The van der Waals surface area contributed by atoms with Gasteiger partial charge >= 0.3 is 26.2 Å². The molecule has 0 radical (unpaired) electrons. The number of rotatable bonds is 7. The lowest BCUT2D eigenvalue weighted by atomic mass is 9.98. The molecule has 1 aromatic heterocycles. The first kappa shape index (κ1) is 22.9. The van der Waals surface area contributed by atoms with Crippen molar-refractivity contribution in [1.82, 2.24) is 0 Å². The summed E-state index contributed by atoms with van der Waals surface area (Å²) >= 11 is 0. The number of aromatic nitrogens is 1. The predicted octanol–water partition coefficient (Wildman–Crippen LogP) is 0.686. The molecule has 0 saturated carbocycles. The monoisotopic (exact) mass is 416 g/mol. The van der Waals surface area contributed by atoms with Gasteiger partial charge in [-0.05, 0) is 26.8 Å². The molecule has 2 unspecified atom stereocenters. The molecule has 26 heavy (non-hydrogen) atoms. The van der Waals surface area contributed by atoms with Crippen LogP contribution in [0, 0.1) is 11.2 Å². The zero-order valence-corrected chi connectivity index (χ0v) is 16.1. The summed E-state index contributed by atoms with van der Waals surface area (Å²) < 4.78 is 46.9. The molecule has 1 heterocycles. The number of halogens is 1. The van der Waals surface area contributed by atoms with Gasteiger partial charge in [-0.2, -0.15) is 4.57 Å². The van der Waals surface area contributed by atoms with Crippen molar-refractivity contribution >= 4 is 21.2 Å². The van der Waals surface area contributed by atoms with Crippen molar-refractivity contribution in [3.05, 3.63) is 30.3 Å². The van der Waals surface area contributed by atoms with Crippen LogP contribution in [-0.4, -0.2) is 37.6 Å². The largest absolute Gasteiger partial charge is 0.438 e. The first-order valence-electron chi connectivity index (χ1n) is 7.17. The molecule has 0 aliphatic carbocycles. The maximum atomic E-state index is 13.2. The summed E-state index contributed by atoms with van der Waals surface area (Å²) in [6.07, 6.45) is 1.86. The molecular formula is C13H21FNO9P2+. The minimum Gasteiger partial charge on any atom is -0.438 e. The number of ether oxygens (including phenoxy) is 1. The average molecular weight is 416 g/mol. The van der Waals surface area contributed by atoms with E-state index in [0.717, 1.165) is 29.1 Å². The van der Waals surface area contributed by atoms with Gasteiger partial charge < -0.3 is 24.5 Å². The van der Waals surface area contributed by atoms with Crippen LogP contribution in [0.5, 0.6) is 0 Å². The second kappa shape index (κ2) is 7.82.